The second-order valence-electron chi connectivity index (χ2n) is 11.9. The molecule has 1 N–H and O–H groups in total. The molecule has 0 radical (unpaired) electrons. The molecule has 3 unspecified atom stereocenters. The molecule has 0 spiro atoms. The largest absolute Gasteiger partial charge is 0.508 e. The minimum Gasteiger partial charge on any atom is -0.508 e. The number of aromatic hydroxyl groups is 1. The van der Waals surface area contributed by atoms with E-state index in [9.17, 15) is 13.9 Å². The Kier molecular flexibility index (Phi) is 7.22. The summed E-state index contributed by atoms with van der Waals surface area (Å²) in [5.74, 6) is 1.23. The van der Waals surface area contributed by atoms with Crippen LogP contribution in [0.15, 0.2) is 30.5 Å². The summed E-state index contributed by atoms with van der Waals surface area (Å²) < 4.78 is 57.8. The van der Waals surface area contributed by atoms with E-state index in [1.807, 2.05) is 6.92 Å². The highest BCUT2D eigenvalue weighted by Gasteiger charge is 2.49. The average molecular weight is 604 g/mol. The zero-order chi connectivity index (χ0) is 30.6. The number of ether oxygens (including phenoxy) is 2. The second kappa shape index (κ2) is 11.1. The van der Waals surface area contributed by atoms with E-state index in [0.29, 0.717) is 49.3 Å². The first-order chi connectivity index (χ1) is 21.3. The predicted octanol–water partition coefficient (Wildman–Crippen LogP) is 5.38. The van der Waals surface area contributed by atoms with E-state index in [4.69, 9.17) is 20.9 Å². The van der Waals surface area contributed by atoms with Crippen LogP contribution < -0.4 is 9.64 Å². The molecule has 0 bridgehead atoms. The smallest absolute Gasteiger partial charge is 0.319 e. The van der Waals surface area contributed by atoms with E-state index in [0.717, 1.165) is 25.8 Å². The summed E-state index contributed by atoms with van der Waals surface area (Å²) in [6.45, 7) is 4.88. The van der Waals surface area contributed by atoms with Crippen LogP contribution in [0.1, 0.15) is 38.2 Å². The van der Waals surface area contributed by atoms with Crippen LogP contribution in [0.3, 0.4) is 0 Å². The van der Waals surface area contributed by atoms with Gasteiger partial charge in [-0.25, -0.2) is 13.2 Å². The van der Waals surface area contributed by atoms with E-state index in [1.165, 1.54) is 30.5 Å². The number of alkyl halides is 1. The van der Waals surface area contributed by atoms with Crippen molar-refractivity contribution >= 4 is 27.5 Å². The molecule has 44 heavy (non-hydrogen) atoms. The Bertz CT molecular complexity index is 1810. The first kappa shape index (κ1) is 28.6. The highest BCUT2D eigenvalue weighted by atomic mass is 19.1. The fourth-order valence-electron chi connectivity index (χ4n) is 7.17. The van der Waals surface area contributed by atoms with Crippen LogP contribution in [0.2, 0.25) is 0 Å². The van der Waals surface area contributed by atoms with Crippen LogP contribution in [-0.2, 0) is 4.74 Å². The Morgan fingerprint density at radius 3 is 2.91 bits per heavy atom. The van der Waals surface area contributed by atoms with Gasteiger partial charge in [0.05, 0.1) is 35.7 Å². The molecular formula is C33H32F3N5O3. The van der Waals surface area contributed by atoms with Crippen LogP contribution in [0.5, 0.6) is 11.8 Å². The lowest BCUT2D eigenvalue weighted by Gasteiger charge is -2.36. The maximum Gasteiger partial charge on any atom is 0.319 e. The molecule has 3 atom stereocenters. The van der Waals surface area contributed by atoms with E-state index >= 15 is 4.39 Å². The molecule has 3 aliphatic rings. The Morgan fingerprint density at radius 1 is 1.23 bits per heavy atom. The van der Waals surface area contributed by atoms with Gasteiger partial charge in [0, 0.05) is 36.7 Å². The van der Waals surface area contributed by atoms with Gasteiger partial charge < -0.3 is 19.5 Å². The number of halogens is 3. The zero-order valence-corrected chi connectivity index (χ0v) is 24.3. The fourth-order valence-corrected chi connectivity index (χ4v) is 7.17. The van der Waals surface area contributed by atoms with Gasteiger partial charge in [0.25, 0.3) is 0 Å². The van der Waals surface area contributed by atoms with Crippen LogP contribution >= 0.6 is 0 Å². The number of nitrogens with zero attached hydrogens (tertiary/aromatic N) is 5. The Labute approximate surface area is 252 Å². The van der Waals surface area contributed by atoms with Crippen molar-refractivity contribution < 1.29 is 27.8 Å². The van der Waals surface area contributed by atoms with Gasteiger partial charge in [0.1, 0.15) is 41.4 Å². The monoisotopic (exact) mass is 603 g/mol. The number of phenolic OH excluding ortho intramolecular Hbond substituents is 1. The second-order valence-corrected chi connectivity index (χ2v) is 11.9. The Morgan fingerprint density at radius 2 is 2.09 bits per heavy atom. The number of hydrogen-bond donors (Lipinski definition) is 1. The molecule has 8 nitrogen and oxygen atoms in total. The number of phenols is 1. The molecule has 4 aromatic rings. The molecule has 2 aromatic heterocycles. The highest BCUT2D eigenvalue weighted by Crippen LogP contribution is 2.42. The topological polar surface area (TPSA) is 83.8 Å². The van der Waals surface area contributed by atoms with Crippen molar-refractivity contribution in [1.82, 2.24) is 19.9 Å². The quantitative estimate of drug-likeness (QED) is 0.294. The van der Waals surface area contributed by atoms with Crippen molar-refractivity contribution in [3.8, 4) is 35.4 Å². The van der Waals surface area contributed by atoms with Gasteiger partial charge in [0.2, 0.25) is 0 Å². The summed E-state index contributed by atoms with van der Waals surface area (Å²) in [7, 11) is 0. The lowest BCUT2D eigenvalue weighted by molar-refractivity contribution is 0.0921. The molecule has 3 aliphatic heterocycles. The van der Waals surface area contributed by atoms with Gasteiger partial charge >= 0.3 is 6.01 Å². The predicted molar refractivity (Wildman–Crippen MR) is 161 cm³/mol. The van der Waals surface area contributed by atoms with Crippen LogP contribution in [-0.4, -0.2) is 82.2 Å². The number of morpholine rings is 1. The molecule has 228 valence electrons. The maximum atomic E-state index is 16.7. The average Bonchev–Trinajstić information content (AvgIpc) is 3.55. The third kappa shape index (κ3) is 4.68. The SMILES string of the molecule is C#Cc1c(F)ccc2cc(O)cc(-c3ncc4c(N5CCOCC5CC)nc(OCC56CCCN5CC(F)C6)nc4c3F)c12. The minimum absolute atomic E-state index is 0.0142. The molecule has 7 rings (SSSR count). The molecule has 2 aromatic carbocycles. The van der Waals surface area contributed by atoms with Gasteiger partial charge in [-0.3, -0.25) is 9.88 Å². The number of pyridine rings is 1. The van der Waals surface area contributed by atoms with Crippen LogP contribution in [0, 0.1) is 24.0 Å². The number of terminal acetylenes is 1. The van der Waals surface area contributed by atoms with Gasteiger partial charge in [-0.05, 0) is 49.4 Å². The third-order valence-corrected chi connectivity index (χ3v) is 9.30. The summed E-state index contributed by atoms with van der Waals surface area (Å²) in [4.78, 5) is 17.9. The van der Waals surface area contributed by atoms with Gasteiger partial charge in [0.15, 0.2) is 5.82 Å². The van der Waals surface area contributed by atoms with Crippen molar-refractivity contribution in [2.24, 2.45) is 0 Å². The maximum absolute atomic E-state index is 16.7. The third-order valence-electron chi connectivity index (χ3n) is 9.30. The molecule has 5 heterocycles. The number of hydrogen-bond acceptors (Lipinski definition) is 8. The van der Waals surface area contributed by atoms with E-state index < -0.39 is 23.3 Å². The molecule has 0 aliphatic carbocycles. The number of fused-ring (bicyclic) bond motifs is 3. The Balaban J connectivity index is 1.39. The normalized spacial score (nSPS) is 23.8. The van der Waals surface area contributed by atoms with E-state index in [2.05, 4.69) is 25.7 Å². The molecule has 3 fully saturated rings. The van der Waals surface area contributed by atoms with Crippen molar-refractivity contribution in [2.45, 2.75) is 50.4 Å². The summed E-state index contributed by atoms with van der Waals surface area (Å²) in [6.07, 6.45) is 9.12. The Hall–Kier alpha value is -4.14. The fraction of sp³-hybridized carbons (Fsp3) is 0.424. The van der Waals surface area contributed by atoms with E-state index in [-0.39, 0.29) is 52.1 Å². The van der Waals surface area contributed by atoms with Crippen molar-refractivity contribution in [2.75, 3.05) is 44.4 Å². The number of anilines is 1. The molecule has 3 saturated heterocycles. The number of aromatic nitrogens is 3. The summed E-state index contributed by atoms with van der Waals surface area (Å²) in [5.41, 5.74) is -0.564. The van der Waals surface area contributed by atoms with E-state index in [1.54, 1.807) is 0 Å². The molecule has 11 heteroatoms. The van der Waals surface area contributed by atoms with Gasteiger partial charge in [-0.15, -0.1) is 6.42 Å². The van der Waals surface area contributed by atoms with Crippen molar-refractivity contribution in [3.63, 3.8) is 0 Å². The number of benzene rings is 2. The summed E-state index contributed by atoms with van der Waals surface area (Å²) >= 11 is 0. The van der Waals surface area contributed by atoms with Gasteiger partial charge in [-0.1, -0.05) is 18.9 Å². The number of rotatable bonds is 6. The van der Waals surface area contributed by atoms with Crippen molar-refractivity contribution in [1.29, 1.82) is 0 Å². The lowest BCUT2D eigenvalue weighted by atomic mass is 9.95. The minimum atomic E-state index is -0.924. The zero-order valence-electron chi connectivity index (χ0n) is 24.3. The van der Waals surface area contributed by atoms with Crippen LogP contribution in [0.4, 0.5) is 19.0 Å². The first-order valence-electron chi connectivity index (χ1n) is 15.0. The molecular weight excluding hydrogens is 571 g/mol. The van der Waals surface area contributed by atoms with Gasteiger partial charge in [-0.2, -0.15) is 9.97 Å². The summed E-state index contributed by atoms with van der Waals surface area (Å²) in [5, 5.41) is 11.6. The standard InChI is InChI=1S/C33H32F3N5O3/c1-3-21-17-43-11-10-41(21)31-25-15-37-29(24-13-22(42)12-19-6-7-26(35)23(4-2)27(19)24)28(36)30(25)38-32(39-31)44-18-33-8-5-9-40(33)16-20(34)14-33/h2,6-7,12-13,15,20-21,42H,3,5,8-11,14,16-18H2,1H3. The lowest BCUT2D eigenvalue weighted by Crippen LogP contribution is -2.46. The molecule has 0 amide bonds. The molecule has 0 saturated carbocycles. The first-order valence-corrected chi connectivity index (χ1v) is 15.0. The highest BCUT2D eigenvalue weighted by molar-refractivity contribution is 6.03. The van der Waals surface area contributed by atoms with Crippen molar-refractivity contribution in [3.05, 3.63) is 47.7 Å². The van der Waals surface area contributed by atoms with Crippen LogP contribution in [0.25, 0.3) is 32.9 Å². The summed E-state index contributed by atoms with van der Waals surface area (Å²) in [6, 6.07) is 5.39.